The summed E-state index contributed by atoms with van der Waals surface area (Å²) in [4.78, 5) is 0. The summed E-state index contributed by atoms with van der Waals surface area (Å²) in [5.74, 6) is 0. The summed E-state index contributed by atoms with van der Waals surface area (Å²) in [6.07, 6.45) is 0.180. The molecule has 0 aromatic heterocycles. The Bertz CT molecular complexity index is 422. The Labute approximate surface area is 123 Å². The van der Waals surface area contributed by atoms with Crippen LogP contribution < -0.4 is 5.32 Å². The highest BCUT2D eigenvalue weighted by Gasteiger charge is 2.30. The van der Waals surface area contributed by atoms with Crippen LogP contribution in [0.5, 0.6) is 0 Å². The highest BCUT2D eigenvalue weighted by Crippen LogP contribution is 2.29. The molecule has 0 atom stereocenters. The molecule has 1 aliphatic carbocycles. The lowest BCUT2D eigenvalue weighted by Crippen LogP contribution is -2.35. The van der Waals surface area contributed by atoms with Gasteiger partial charge in [-0.15, -0.1) is 0 Å². The Morgan fingerprint density at radius 2 is 1.71 bits per heavy atom. The minimum atomic E-state index is -4.27. The maximum atomic E-state index is 12.5. The Hall–Kier alpha value is -1.07. The fraction of sp³-hybridized carbons (Fsp3) is 0.625. The molecule has 118 valence electrons. The third kappa shape index (κ3) is 5.00. The first kappa shape index (κ1) is 16.3. The summed E-state index contributed by atoms with van der Waals surface area (Å²) >= 11 is 0. The molecule has 1 saturated carbocycles. The molecule has 1 aromatic rings. The van der Waals surface area contributed by atoms with Crippen molar-refractivity contribution in [3.8, 4) is 0 Å². The normalized spacial score (nSPS) is 23.2. The van der Waals surface area contributed by atoms with Gasteiger partial charge >= 0.3 is 6.18 Å². The van der Waals surface area contributed by atoms with Gasteiger partial charge in [0.1, 0.15) is 0 Å². The first-order chi connectivity index (χ1) is 9.99. The smallest absolute Gasteiger partial charge is 0.374 e. The van der Waals surface area contributed by atoms with Crippen LogP contribution in [0.3, 0.4) is 0 Å². The van der Waals surface area contributed by atoms with Gasteiger partial charge in [-0.2, -0.15) is 13.2 Å². The maximum Gasteiger partial charge on any atom is 0.416 e. The lowest BCUT2D eigenvalue weighted by molar-refractivity contribution is -0.137. The van der Waals surface area contributed by atoms with Gasteiger partial charge in [-0.25, -0.2) is 0 Å². The van der Waals surface area contributed by atoms with E-state index in [0.29, 0.717) is 12.6 Å². The fourth-order valence-electron chi connectivity index (χ4n) is 2.73. The Kier molecular flexibility index (Phi) is 5.65. The minimum absolute atomic E-state index is 0.224. The van der Waals surface area contributed by atoms with Crippen molar-refractivity contribution in [3.05, 3.63) is 35.4 Å². The van der Waals surface area contributed by atoms with E-state index >= 15 is 0 Å². The third-order valence-electron chi connectivity index (χ3n) is 3.93. The third-order valence-corrected chi connectivity index (χ3v) is 3.93. The van der Waals surface area contributed by atoms with Gasteiger partial charge < -0.3 is 10.1 Å². The summed E-state index contributed by atoms with van der Waals surface area (Å²) in [6, 6.07) is 5.79. The predicted molar refractivity (Wildman–Crippen MR) is 76.0 cm³/mol. The molecular formula is C16H22F3NO. The molecular weight excluding hydrogens is 279 g/mol. The average molecular weight is 301 g/mol. The topological polar surface area (TPSA) is 21.3 Å². The van der Waals surface area contributed by atoms with Crippen molar-refractivity contribution >= 4 is 0 Å². The average Bonchev–Trinajstić information content (AvgIpc) is 2.46. The number of ether oxygens (including phenoxy) is 1. The number of nitrogens with one attached hydrogen (secondary N) is 1. The lowest BCUT2D eigenvalue weighted by atomic mass is 9.93. The van der Waals surface area contributed by atoms with E-state index in [1.54, 1.807) is 0 Å². The molecule has 5 heteroatoms. The number of rotatable bonds is 5. The number of hydrogen-bond donors (Lipinski definition) is 1. The van der Waals surface area contributed by atoms with Crippen molar-refractivity contribution in [1.82, 2.24) is 5.32 Å². The number of alkyl halides is 3. The Morgan fingerprint density at radius 3 is 2.24 bits per heavy atom. The van der Waals surface area contributed by atoms with Gasteiger partial charge in [0.05, 0.1) is 18.3 Å². The molecule has 0 saturated heterocycles. The molecule has 2 nitrogen and oxygen atoms in total. The van der Waals surface area contributed by atoms with E-state index in [-0.39, 0.29) is 6.10 Å². The van der Waals surface area contributed by atoms with Crippen LogP contribution in [0.2, 0.25) is 0 Å². The molecule has 1 aromatic carbocycles. The molecule has 0 aliphatic heterocycles. The van der Waals surface area contributed by atoms with Crippen LogP contribution in [0.1, 0.15) is 43.7 Å². The molecule has 1 N–H and O–H groups in total. The van der Waals surface area contributed by atoms with E-state index in [0.717, 1.165) is 49.9 Å². The second-order valence-corrected chi connectivity index (χ2v) is 5.54. The van der Waals surface area contributed by atoms with E-state index in [9.17, 15) is 13.2 Å². The lowest BCUT2D eigenvalue weighted by Gasteiger charge is -2.29. The molecule has 0 bridgehead atoms. The quantitative estimate of drug-likeness (QED) is 0.882. The van der Waals surface area contributed by atoms with E-state index in [2.05, 4.69) is 12.2 Å². The van der Waals surface area contributed by atoms with Crippen molar-refractivity contribution in [2.24, 2.45) is 0 Å². The van der Waals surface area contributed by atoms with Gasteiger partial charge in [0, 0.05) is 6.04 Å². The molecule has 1 fully saturated rings. The van der Waals surface area contributed by atoms with Crippen LogP contribution in [-0.4, -0.2) is 18.7 Å². The first-order valence-corrected chi connectivity index (χ1v) is 7.50. The summed E-state index contributed by atoms with van der Waals surface area (Å²) in [7, 11) is 0. The Morgan fingerprint density at radius 1 is 1.10 bits per heavy atom. The molecule has 2 rings (SSSR count). The van der Waals surface area contributed by atoms with Crippen molar-refractivity contribution in [2.75, 3.05) is 6.54 Å². The maximum absolute atomic E-state index is 12.5. The summed E-state index contributed by atoms with van der Waals surface area (Å²) in [5, 5.41) is 3.44. The first-order valence-electron chi connectivity index (χ1n) is 7.50. The van der Waals surface area contributed by atoms with Crippen LogP contribution in [0, 0.1) is 0 Å². The van der Waals surface area contributed by atoms with E-state index in [1.165, 1.54) is 12.1 Å². The summed E-state index contributed by atoms with van der Waals surface area (Å²) in [5.41, 5.74) is 0.175. The minimum Gasteiger partial charge on any atom is -0.374 e. The van der Waals surface area contributed by atoms with Gasteiger partial charge in [-0.1, -0.05) is 19.1 Å². The van der Waals surface area contributed by atoms with Crippen LogP contribution in [0.4, 0.5) is 13.2 Å². The molecule has 0 radical (unpaired) electrons. The summed E-state index contributed by atoms with van der Waals surface area (Å²) < 4.78 is 43.2. The molecule has 1 aliphatic rings. The largest absolute Gasteiger partial charge is 0.416 e. The second kappa shape index (κ2) is 7.27. The summed E-state index contributed by atoms with van der Waals surface area (Å²) in [6.45, 7) is 3.48. The SMILES string of the molecule is CCNC1CCC(OCc2ccc(C(F)(F)F)cc2)CC1. The monoisotopic (exact) mass is 301 g/mol. The van der Waals surface area contributed by atoms with Crippen molar-refractivity contribution < 1.29 is 17.9 Å². The van der Waals surface area contributed by atoms with Crippen LogP contribution in [0.25, 0.3) is 0 Å². The van der Waals surface area contributed by atoms with Gasteiger partial charge in [0.2, 0.25) is 0 Å². The van der Waals surface area contributed by atoms with Crippen molar-refractivity contribution in [2.45, 2.75) is 57.5 Å². The van der Waals surface area contributed by atoms with E-state index < -0.39 is 11.7 Å². The zero-order valence-electron chi connectivity index (χ0n) is 12.2. The predicted octanol–water partition coefficient (Wildman–Crippen LogP) is 4.14. The standard InChI is InChI=1S/C16H22F3NO/c1-2-20-14-7-9-15(10-8-14)21-11-12-3-5-13(6-4-12)16(17,18)19/h3-6,14-15,20H,2,7-11H2,1H3. The van der Waals surface area contributed by atoms with Gasteiger partial charge in [-0.3, -0.25) is 0 Å². The van der Waals surface area contributed by atoms with Crippen molar-refractivity contribution in [1.29, 1.82) is 0 Å². The number of hydrogen-bond acceptors (Lipinski definition) is 2. The van der Waals surface area contributed by atoms with E-state index in [4.69, 9.17) is 4.74 Å². The zero-order valence-corrected chi connectivity index (χ0v) is 12.2. The van der Waals surface area contributed by atoms with E-state index in [1.807, 2.05) is 0 Å². The fourth-order valence-corrected chi connectivity index (χ4v) is 2.73. The van der Waals surface area contributed by atoms with Gasteiger partial charge in [-0.05, 0) is 49.9 Å². The molecule has 0 unspecified atom stereocenters. The highest BCUT2D eigenvalue weighted by molar-refractivity contribution is 5.24. The highest BCUT2D eigenvalue weighted by atomic mass is 19.4. The molecule has 0 spiro atoms. The number of benzene rings is 1. The molecule has 0 amide bonds. The van der Waals surface area contributed by atoms with Gasteiger partial charge in [0.15, 0.2) is 0 Å². The Balaban J connectivity index is 1.76. The van der Waals surface area contributed by atoms with Crippen LogP contribution in [-0.2, 0) is 17.5 Å². The molecule has 21 heavy (non-hydrogen) atoms. The van der Waals surface area contributed by atoms with Crippen molar-refractivity contribution in [3.63, 3.8) is 0 Å². The van der Waals surface area contributed by atoms with Crippen LogP contribution >= 0.6 is 0 Å². The van der Waals surface area contributed by atoms with Crippen LogP contribution in [0.15, 0.2) is 24.3 Å². The number of halogens is 3. The zero-order chi connectivity index (χ0) is 15.3. The van der Waals surface area contributed by atoms with Gasteiger partial charge in [0.25, 0.3) is 0 Å². The second-order valence-electron chi connectivity index (χ2n) is 5.54. The molecule has 0 heterocycles.